The summed E-state index contributed by atoms with van der Waals surface area (Å²) < 4.78 is 1.83. The number of rotatable bonds is 5. The molecular weight excluding hydrogens is 202 g/mol. The van der Waals surface area contributed by atoms with Gasteiger partial charge in [-0.15, -0.1) is 0 Å². The quantitative estimate of drug-likeness (QED) is 0.829. The number of nitrogens with zero attached hydrogens (tertiary/aromatic N) is 2. The van der Waals surface area contributed by atoms with Gasteiger partial charge in [-0.3, -0.25) is 9.48 Å². The van der Waals surface area contributed by atoms with Crippen LogP contribution in [0.5, 0.6) is 0 Å². The summed E-state index contributed by atoms with van der Waals surface area (Å²) in [5, 5.41) is 7.11. The van der Waals surface area contributed by atoms with Gasteiger partial charge in [-0.1, -0.05) is 13.8 Å². The van der Waals surface area contributed by atoms with Gasteiger partial charge in [0.15, 0.2) is 0 Å². The van der Waals surface area contributed by atoms with Gasteiger partial charge in [0.2, 0.25) is 0 Å². The smallest absolute Gasteiger partial charge is 0.271 e. The van der Waals surface area contributed by atoms with Crippen molar-refractivity contribution < 1.29 is 4.79 Å². The summed E-state index contributed by atoms with van der Waals surface area (Å²) in [5.41, 5.74) is 1.54. The molecule has 1 rings (SSSR count). The molecule has 0 atom stereocenters. The molecule has 4 heteroatoms. The molecule has 0 aliphatic rings. The van der Waals surface area contributed by atoms with E-state index in [0.29, 0.717) is 18.2 Å². The van der Waals surface area contributed by atoms with Crippen molar-refractivity contribution in [2.24, 2.45) is 5.92 Å². The molecule has 90 valence electrons. The summed E-state index contributed by atoms with van der Waals surface area (Å²) in [7, 11) is 0. The van der Waals surface area contributed by atoms with Crippen molar-refractivity contribution in [2.45, 2.75) is 40.7 Å². The standard InChI is InChI=1S/C12H21N3O/c1-5-15-10(4)8-11(14-15)12(16)13-7-6-9(2)3/h8-9H,5-7H2,1-4H3,(H,13,16). The average Bonchev–Trinajstić information content (AvgIpc) is 2.59. The SMILES string of the molecule is CCn1nc(C(=O)NCCC(C)C)cc1C. The molecule has 1 aromatic rings. The Morgan fingerprint density at radius 3 is 2.75 bits per heavy atom. The number of aryl methyl sites for hydroxylation is 2. The maximum Gasteiger partial charge on any atom is 0.271 e. The summed E-state index contributed by atoms with van der Waals surface area (Å²) in [6.07, 6.45) is 0.999. The van der Waals surface area contributed by atoms with Gasteiger partial charge < -0.3 is 5.32 Å². The molecule has 0 saturated heterocycles. The van der Waals surface area contributed by atoms with Gasteiger partial charge in [0, 0.05) is 18.8 Å². The lowest BCUT2D eigenvalue weighted by atomic mass is 10.1. The molecule has 4 nitrogen and oxygen atoms in total. The molecule has 16 heavy (non-hydrogen) atoms. The maximum atomic E-state index is 11.7. The molecule has 1 heterocycles. The lowest BCUT2D eigenvalue weighted by Gasteiger charge is -2.05. The minimum atomic E-state index is -0.0732. The van der Waals surface area contributed by atoms with Crippen LogP contribution in [0.4, 0.5) is 0 Å². The van der Waals surface area contributed by atoms with Gasteiger partial charge in [-0.05, 0) is 32.3 Å². The Labute approximate surface area is 97.0 Å². The second kappa shape index (κ2) is 5.68. The van der Waals surface area contributed by atoms with Crippen LogP contribution in [-0.4, -0.2) is 22.2 Å². The molecule has 1 amide bonds. The molecule has 0 fully saturated rings. The van der Waals surface area contributed by atoms with Crippen LogP contribution in [0.2, 0.25) is 0 Å². The number of carbonyl (C=O) groups is 1. The third-order valence-corrected chi connectivity index (χ3v) is 2.52. The van der Waals surface area contributed by atoms with Gasteiger partial charge in [0.25, 0.3) is 5.91 Å². The van der Waals surface area contributed by atoms with Crippen molar-refractivity contribution in [3.63, 3.8) is 0 Å². The van der Waals surface area contributed by atoms with E-state index in [4.69, 9.17) is 0 Å². The first-order valence-electron chi connectivity index (χ1n) is 5.87. The molecule has 0 bridgehead atoms. The second-order valence-corrected chi connectivity index (χ2v) is 4.43. The highest BCUT2D eigenvalue weighted by molar-refractivity contribution is 5.92. The summed E-state index contributed by atoms with van der Waals surface area (Å²) in [5.74, 6) is 0.534. The van der Waals surface area contributed by atoms with Gasteiger partial charge in [0.1, 0.15) is 5.69 Å². The van der Waals surface area contributed by atoms with Crippen molar-refractivity contribution >= 4 is 5.91 Å². The van der Waals surface area contributed by atoms with Crippen molar-refractivity contribution in [3.05, 3.63) is 17.5 Å². The number of nitrogens with one attached hydrogen (secondary N) is 1. The van der Waals surface area contributed by atoms with Crippen LogP contribution in [0.15, 0.2) is 6.07 Å². The molecule has 0 saturated carbocycles. The minimum Gasteiger partial charge on any atom is -0.351 e. The normalized spacial score (nSPS) is 10.8. The largest absolute Gasteiger partial charge is 0.351 e. The van der Waals surface area contributed by atoms with E-state index in [0.717, 1.165) is 18.7 Å². The van der Waals surface area contributed by atoms with Crippen molar-refractivity contribution in [2.75, 3.05) is 6.54 Å². The molecule has 1 N–H and O–H groups in total. The molecule has 0 unspecified atom stereocenters. The van der Waals surface area contributed by atoms with E-state index in [2.05, 4.69) is 24.3 Å². The number of carbonyl (C=O) groups excluding carboxylic acids is 1. The Balaban J connectivity index is 2.52. The molecule has 0 radical (unpaired) electrons. The van der Waals surface area contributed by atoms with E-state index >= 15 is 0 Å². The zero-order chi connectivity index (χ0) is 12.1. The van der Waals surface area contributed by atoms with Gasteiger partial charge in [0.05, 0.1) is 0 Å². The molecular formula is C12H21N3O. The van der Waals surface area contributed by atoms with Crippen molar-refractivity contribution in [1.29, 1.82) is 0 Å². The fourth-order valence-corrected chi connectivity index (χ4v) is 1.51. The van der Waals surface area contributed by atoms with E-state index < -0.39 is 0 Å². The molecule has 0 aliphatic carbocycles. The monoisotopic (exact) mass is 223 g/mol. The van der Waals surface area contributed by atoms with Crippen LogP contribution in [-0.2, 0) is 6.54 Å². The Hall–Kier alpha value is -1.32. The second-order valence-electron chi connectivity index (χ2n) is 4.43. The Bertz CT molecular complexity index is 355. The highest BCUT2D eigenvalue weighted by atomic mass is 16.1. The Kier molecular flexibility index (Phi) is 4.52. The predicted molar refractivity (Wildman–Crippen MR) is 64.4 cm³/mol. The zero-order valence-corrected chi connectivity index (χ0v) is 10.6. The van der Waals surface area contributed by atoms with Crippen LogP contribution in [0.3, 0.4) is 0 Å². The Morgan fingerprint density at radius 2 is 2.25 bits per heavy atom. The van der Waals surface area contributed by atoms with Crippen molar-refractivity contribution in [1.82, 2.24) is 15.1 Å². The van der Waals surface area contributed by atoms with E-state index in [9.17, 15) is 4.79 Å². The van der Waals surface area contributed by atoms with E-state index in [1.54, 1.807) is 0 Å². The average molecular weight is 223 g/mol. The summed E-state index contributed by atoms with van der Waals surface area (Å²) in [6, 6.07) is 1.83. The third kappa shape index (κ3) is 3.36. The summed E-state index contributed by atoms with van der Waals surface area (Å²) >= 11 is 0. The van der Waals surface area contributed by atoms with Crippen LogP contribution < -0.4 is 5.32 Å². The third-order valence-electron chi connectivity index (χ3n) is 2.52. The first kappa shape index (κ1) is 12.7. The number of amides is 1. The van der Waals surface area contributed by atoms with E-state index in [1.165, 1.54) is 0 Å². The van der Waals surface area contributed by atoms with Crippen LogP contribution >= 0.6 is 0 Å². The molecule has 0 aromatic carbocycles. The minimum absolute atomic E-state index is 0.0732. The lowest BCUT2D eigenvalue weighted by Crippen LogP contribution is -2.25. The number of aromatic nitrogens is 2. The van der Waals surface area contributed by atoms with Crippen LogP contribution in [0.25, 0.3) is 0 Å². The first-order chi connectivity index (χ1) is 7.54. The first-order valence-corrected chi connectivity index (χ1v) is 5.87. The summed E-state index contributed by atoms with van der Waals surface area (Å²) in [4.78, 5) is 11.7. The maximum absolute atomic E-state index is 11.7. The number of hydrogen-bond donors (Lipinski definition) is 1. The number of hydrogen-bond acceptors (Lipinski definition) is 2. The zero-order valence-electron chi connectivity index (χ0n) is 10.6. The highest BCUT2D eigenvalue weighted by Gasteiger charge is 2.10. The van der Waals surface area contributed by atoms with Gasteiger partial charge in [-0.2, -0.15) is 5.10 Å². The summed E-state index contributed by atoms with van der Waals surface area (Å²) in [6.45, 7) is 9.77. The van der Waals surface area contributed by atoms with Crippen molar-refractivity contribution in [3.8, 4) is 0 Å². The van der Waals surface area contributed by atoms with E-state index in [-0.39, 0.29) is 5.91 Å². The highest BCUT2D eigenvalue weighted by Crippen LogP contribution is 2.03. The lowest BCUT2D eigenvalue weighted by molar-refractivity contribution is 0.0946. The predicted octanol–water partition coefficient (Wildman–Crippen LogP) is 1.99. The van der Waals surface area contributed by atoms with Crippen LogP contribution in [0.1, 0.15) is 43.4 Å². The van der Waals surface area contributed by atoms with Crippen LogP contribution in [0, 0.1) is 12.8 Å². The molecule has 0 spiro atoms. The van der Waals surface area contributed by atoms with Gasteiger partial charge in [-0.25, -0.2) is 0 Å². The topological polar surface area (TPSA) is 46.9 Å². The molecule has 1 aromatic heterocycles. The molecule has 0 aliphatic heterocycles. The van der Waals surface area contributed by atoms with Gasteiger partial charge >= 0.3 is 0 Å². The Morgan fingerprint density at radius 1 is 1.56 bits per heavy atom. The fourth-order valence-electron chi connectivity index (χ4n) is 1.51. The van der Waals surface area contributed by atoms with E-state index in [1.807, 2.05) is 24.6 Å². The fraction of sp³-hybridized carbons (Fsp3) is 0.667.